The molecule has 2 fully saturated rings. The number of nitrogen functional groups attached to an aromatic ring is 1. The predicted molar refractivity (Wildman–Crippen MR) is 144 cm³/mol. The maximum absolute atomic E-state index is 13.7. The fraction of sp³-hybridized carbons (Fsp3) is 0.536. The molecule has 2 aromatic carbocycles. The van der Waals surface area contributed by atoms with Crippen LogP contribution in [0.15, 0.2) is 53.4 Å². The number of nitrogens with zero attached hydrogens (tertiary/aromatic N) is 1. The fourth-order valence-corrected chi connectivity index (χ4v) is 6.66. The Morgan fingerprint density at radius 2 is 2.00 bits per heavy atom. The maximum Gasteiger partial charge on any atom is 0.407 e. The van der Waals surface area contributed by atoms with Gasteiger partial charge >= 0.3 is 6.09 Å². The number of anilines is 1. The Morgan fingerprint density at radius 1 is 1.24 bits per heavy atom. The van der Waals surface area contributed by atoms with Crippen LogP contribution in [-0.4, -0.2) is 63.8 Å². The first-order valence-electron chi connectivity index (χ1n) is 13.2. The van der Waals surface area contributed by atoms with Gasteiger partial charge in [-0.15, -0.1) is 0 Å². The molecule has 38 heavy (non-hydrogen) atoms. The van der Waals surface area contributed by atoms with Crippen LogP contribution < -0.4 is 11.1 Å². The van der Waals surface area contributed by atoms with Crippen LogP contribution in [0.25, 0.3) is 0 Å². The molecular weight excluding hydrogens is 509 g/mol. The average molecular weight is 548 g/mol. The number of ether oxygens (including phenoxy) is 2. The number of rotatable bonds is 11. The number of alkyl carbamates (subject to hydrolysis) is 1. The van der Waals surface area contributed by atoms with E-state index in [4.69, 9.17) is 15.2 Å². The van der Waals surface area contributed by atoms with E-state index < -0.39 is 35.0 Å². The molecule has 8 nitrogen and oxygen atoms in total. The number of hydrogen-bond acceptors (Lipinski definition) is 6. The molecule has 2 aliphatic rings. The van der Waals surface area contributed by atoms with E-state index in [2.05, 4.69) is 5.32 Å². The van der Waals surface area contributed by atoms with Gasteiger partial charge in [0.2, 0.25) is 0 Å². The zero-order chi connectivity index (χ0) is 27.2. The van der Waals surface area contributed by atoms with Crippen molar-refractivity contribution in [2.45, 2.75) is 68.8 Å². The molecule has 0 spiro atoms. The number of fused-ring (bicyclic) bond motifs is 1. The van der Waals surface area contributed by atoms with Gasteiger partial charge in [0.15, 0.2) is 0 Å². The minimum atomic E-state index is -1.69. The number of benzene rings is 2. The number of carbonyl (C=O) groups is 1. The molecule has 1 aliphatic carbocycles. The molecule has 0 aromatic heterocycles. The lowest BCUT2D eigenvalue weighted by Crippen LogP contribution is -2.50. The van der Waals surface area contributed by atoms with Gasteiger partial charge in [0.1, 0.15) is 22.9 Å². The summed E-state index contributed by atoms with van der Waals surface area (Å²) in [6.07, 6.45) is 1.11. The molecule has 1 saturated carbocycles. The highest BCUT2D eigenvalue weighted by Gasteiger charge is 2.40. The van der Waals surface area contributed by atoms with Crippen LogP contribution in [-0.2, 0) is 26.9 Å². The third kappa shape index (κ3) is 7.53. The number of amides is 1. The van der Waals surface area contributed by atoms with Crippen LogP contribution in [0.2, 0.25) is 0 Å². The highest BCUT2D eigenvalue weighted by Crippen LogP contribution is 2.37. The van der Waals surface area contributed by atoms with Crippen molar-refractivity contribution in [1.82, 2.24) is 9.62 Å². The van der Waals surface area contributed by atoms with Crippen LogP contribution in [0.1, 0.15) is 38.7 Å². The van der Waals surface area contributed by atoms with Gasteiger partial charge in [-0.1, -0.05) is 44.2 Å². The van der Waals surface area contributed by atoms with E-state index >= 15 is 0 Å². The van der Waals surface area contributed by atoms with E-state index in [-0.39, 0.29) is 30.4 Å². The number of hydrogen-bond donors (Lipinski definition) is 3. The Labute approximate surface area is 226 Å². The molecule has 1 amide bonds. The molecule has 4 N–H and O–H groups in total. The third-order valence-corrected chi connectivity index (χ3v) is 8.53. The number of nitrogens with one attached hydrogen (secondary N) is 1. The summed E-state index contributed by atoms with van der Waals surface area (Å²) < 4.78 is 40.2. The second-order valence-electron chi connectivity index (χ2n) is 10.6. The van der Waals surface area contributed by atoms with Gasteiger partial charge in [-0.05, 0) is 54.9 Å². The summed E-state index contributed by atoms with van der Waals surface area (Å²) in [5.74, 6) is -0.0126. The highest BCUT2D eigenvalue weighted by molar-refractivity contribution is 7.82. The van der Waals surface area contributed by atoms with Gasteiger partial charge in [-0.25, -0.2) is 17.7 Å². The molecule has 1 heterocycles. The number of halogens is 1. The summed E-state index contributed by atoms with van der Waals surface area (Å²) in [6, 6.07) is 12.8. The van der Waals surface area contributed by atoms with Crippen molar-refractivity contribution >= 4 is 22.8 Å². The van der Waals surface area contributed by atoms with E-state index in [1.165, 1.54) is 18.2 Å². The van der Waals surface area contributed by atoms with Crippen LogP contribution >= 0.6 is 0 Å². The standard InChI is InChI=1S/C28H38FN3O5S/c1-18(2)16-32(38(35)22-8-9-23(29)24(30)15-22)17-26(33)25(12-19-6-4-3-5-7-19)31-28(34)37-21-13-20-10-11-36-27(20)14-21/h3-9,15,18,20-21,25-27,33H,10-14,16-17,30H2,1-2H3,(H,31,34)/t20-,21+,25-,26+,27+,38?/m0/s1. The van der Waals surface area contributed by atoms with Crippen LogP contribution in [0.5, 0.6) is 0 Å². The Kier molecular flexibility index (Phi) is 9.75. The summed E-state index contributed by atoms with van der Waals surface area (Å²) in [6.45, 7) is 5.15. The number of nitrogens with two attached hydrogens (primary N) is 1. The van der Waals surface area contributed by atoms with Crippen LogP contribution in [0.3, 0.4) is 0 Å². The second kappa shape index (κ2) is 13.0. The van der Waals surface area contributed by atoms with Crippen molar-refractivity contribution in [3.63, 3.8) is 0 Å². The lowest BCUT2D eigenvalue weighted by Gasteiger charge is -2.30. The van der Waals surface area contributed by atoms with Crippen molar-refractivity contribution in [1.29, 1.82) is 0 Å². The van der Waals surface area contributed by atoms with Crippen molar-refractivity contribution in [2.24, 2.45) is 11.8 Å². The molecular formula is C28H38FN3O5S. The van der Waals surface area contributed by atoms with Gasteiger partial charge in [-0.3, -0.25) is 0 Å². The van der Waals surface area contributed by atoms with Crippen LogP contribution in [0, 0.1) is 17.7 Å². The summed E-state index contributed by atoms with van der Waals surface area (Å²) in [7, 11) is -1.69. The van der Waals surface area contributed by atoms with Crippen molar-refractivity contribution in [3.8, 4) is 0 Å². The summed E-state index contributed by atoms with van der Waals surface area (Å²) in [4.78, 5) is 13.2. The monoisotopic (exact) mass is 547 g/mol. The second-order valence-corrected chi connectivity index (χ2v) is 12.1. The fourth-order valence-electron chi connectivity index (χ4n) is 5.23. The Balaban J connectivity index is 1.46. The van der Waals surface area contributed by atoms with E-state index in [1.54, 1.807) is 4.31 Å². The van der Waals surface area contributed by atoms with E-state index in [0.717, 1.165) is 25.0 Å². The largest absolute Gasteiger partial charge is 0.446 e. The minimum absolute atomic E-state index is 0.0151. The molecule has 0 radical (unpaired) electrons. The smallest absolute Gasteiger partial charge is 0.407 e. The maximum atomic E-state index is 13.7. The van der Waals surface area contributed by atoms with Gasteiger partial charge < -0.3 is 25.6 Å². The molecule has 1 aliphatic heterocycles. The highest BCUT2D eigenvalue weighted by atomic mass is 32.2. The van der Waals surface area contributed by atoms with Crippen LogP contribution in [0.4, 0.5) is 14.9 Å². The minimum Gasteiger partial charge on any atom is -0.446 e. The molecule has 1 unspecified atom stereocenters. The Hall–Kier alpha value is -2.53. The molecule has 6 atom stereocenters. The lowest BCUT2D eigenvalue weighted by atomic mass is 10.0. The van der Waals surface area contributed by atoms with Gasteiger partial charge in [-0.2, -0.15) is 0 Å². The van der Waals surface area contributed by atoms with Crippen molar-refractivity contribution < 1.29 is 28.0 Å². The predicted octanol–water partition coefficient (Wildman–Crippen LogP) is 3.65. The number of carbonyl (C=O) groups excluding carboxylic acids is 1. The van der Waals surface area contributed by atoms with E-state index in [9.17, 15) is 18.5 Å². The first kappa shape index (κ1) is 28.5. The molecule has 10 heteroatoms. The molecule has 2 aromatic rings. The summed E-state index contributed by atoms with van der Waals surface area (Å²) >= 11 is 0. The molecule has 4 rings (SSSR count). The zero-order valence-corrected chi connectivity index (χ0v) is 22.7. The van der Waals surface area contributed by atoms with Crippen molar-refractivity contribution in [3.05, 3.63) is 59.9 Å². The van der Waals surface area contributed by atoms with Gasteiger partial charge in [0.05, 0.1) is 28.8 Å². The zero-order valence-electron chi connectivity index (χ0n) is 21.9. The van der Waals surface area contributed by atoms with E-state index in [0.29, 0.717) is 30.2 Å². The summed E-state index contributed by atoms with van der Waals surface area (Å²) in [5.41, 5.74) is 6.54. The quantitative estimate of drug-likeness (QED) is 0.370. The third-order valence-electron chi connectivity index (χ3n) is 7.11. The number of aliphatic hydroxyl groups excluding tert-OH is 1. The number of aliphatic hydroxyl groups is 1. The molecule has 1 saturated heterocycles. The van der Waals surface area contributed by atoms with E-state index in [1.807, 2.05) is 44.2 Å². The van der Waals surface area contributed by atoms with Gasteiger partial charge in [0, 0.05) is 26.1 Å². The first-order chi connectivity index (χ1) is 18.2. The Bertz CT molecular complexity index is 1090. The Morgan fingerprint density at radius 3 is 2.68 bits per heavy atom. The van der Waals surface area contributed by atoms with Gasteiger partial charge in [0.25, 0.3) is 0 Å². The van der Waals surface area contributed by atoms with Crippen molar-refractivity contribution in [2.75, 3.05) is 25.4 Å². The topological polar surface area (TPSA) is 114 Å². The summed E-state index contributed by atoms with van der Waals surface area (Å²) in [5, 5.41) is 14.2. The lowest BCUT2D eigenvalue weighted by molar-refractivity contribution is 0.0556. The molecule has 0 bridgehead atoms. The average Bonchev–Trinajstić information content (AvgIpc) is 3.46. The SMILES string of the molecule is CC(C)CN(C[C@@H](O)[C@H](Cc1ccccc1)NC(=O)O[C@@H]1C[C@@H]2CCO[C@@H]2C1)S(=O)c1ccc(F)c(N)c1. The first-order valence-corrected chi connectivity index (χ1v) is 14.3. The normalized spacial score (nSPS) is 23.3. The molecule has 208 valence electrons.